The maximum Gasteiger partial charge on any atom is 0.279 e. The smallest absolute Gasteiger partial charge is 0.279 e. The van der Waals surface area contributed by atoms with Crippen molar-refractivity contribution in [2.45, 2.75) is 5.92 Å². The van der Waals surface area contributed by atoms with E-state index in [9.17, 15) is 4.79 Å². The summed E-state index contributed by atoms with van der Waals surface area (Å²) in [6, 6.07) is 25.8. The number of nitrogens with zero attached hydrogens (tertiary/aromatic N) is 2. The molecule has 0 saturated carbocycles. The van der Waals surface area contributed by atoms with Gasteiger partial charge in [0.25, 0.3) is 5.56 Å². The van der Waals surface area contributed by atoms with Gasteiger partial charge in [-0.3, -0.25) is 4.79 Å². The van der Waals surface area contributed by atoms with Gasteiger partial charge in [-0.2, -0.15) is 9.78 Å². The van der Waals surface area contributed by atoms with Gasteiger partial charge < -0.3 is 5.32 Å². The van der Waals surface area contributed by atoms with Gasteiger partial charge in [-0.1, -0.05) is 54.6 Å². The van der Waals surface area contributed by atoms with Crippen molar-refractivity contribution in [3.8, 4) is 5.69 Å². The van der Waals surface area contributed by atoms with Crippen LogP contribution in [0.25, 0.3) is 16.5 Å². The number of hydrogen-bond donors (Lipinski definition) is 1. The summed E-state index contributed by atoms with van der Waals surface area (Å²) in [5.41, 5.74) is 3.82. The van der Waals surface area contributed by atoms with Crippen LogP contribution in [0.3, 0.4) is 0 Å². The molecule has 126 valence electrons. The van der Waals surface area contributed by atoms with Gasteiger partial charge in [-0.15, -0.1) is 0 Å². The molecule has 0 spiro atoms. The van der Waals surface area contributed by atoms with Crippen molar-refractivity contribution >= 4 is 16.5 Å². The highest BCUT2D eigenvalue weighted by Crippen LogP contribution is 2.36. The van der Waals surface area contributed by atoms with Crippen LogP contribution in [0.5, 0.6) is 0 Å². The Labute approximate surface area is 150 Å². The van der Waals surface area contributed by atoms with Crippen LogP contribution in [0.1, 0.15) is 17.2 Å². The Morgan fingerprint density at radius 3 is 2.38 bits per heavy atom. The summed E-state index contributed by atoms with van der Waals surface area (Å²) in [6.07, 6.45) is 0. The predicted molar refractivity (Wildman–Crippen MR) is 104 cm³/mol. The number of nitrogens with one attached hydrogen (secondary N) is 1. The Morgan fingerprint density at radius 2 is 1.62 bits per heavy atom. The van der Waals surface area contributed by atoms with Crippen molar-refractivity contribution in [1.82, 2.24) is 9.78 Å². The van der Waals surface area contributed by atoms with Gasteiger partial charge in [0.1, 0.15) is 0 Å². The van der Waals surface area contributed by atoms with Crippen molar-refractivity contribution in [3.63, 3.8) is 0 Å². The van der Waals surface area contributed by atoms with E-state index < -0.39 is 0 Å². The highest BCUT2D eigenvalue weighted by molar-refractivity contribution is 5.97. The molecule has 4 aromatic rings. The molecule has 2 heterocycles. The molecule has 5 rings (SSSR count). The zero-order chi connectivity index (χ0) is 17.5. The van der Waals surface area contributed by atoms with Gasteiger partial charge in [0, 0.05) is 23.5 Å². The average molecular weight is 339 g/mol. The van der Waals surface area contributed by atoms with Crippen LogP contribution in [0, 0.1) is 0 Å². The maximum absolute atomic E-state index is 13.1. The van der Waals surface area contributed by atoms with Crippen LogP contribution in [-0.2, 0) is 0 Å². The molecule has 1 atom stereocenters. The summed E-state index contributed by atoms with van der Waals surface area (Å²) < 4.78 is 1.53. The molecule has 1 aliphatic heterocycles. The van der Waals surface area contributed by atoms with Crippen LogP contribution in [0.15, 0.2) is 83.7 Å². The molecule has 0 bridgehead atoms. The predicted octanol–water partition coefficient (Wildman–Crippen LogP) is 3.94. The molecule has 1 aliphatic rings. The first kappa shape index (κ1) is 14.9. The summed E-state index contributed by atoms with van der Waals surface area (Å²) in [5, 5.41) is 9.93. The summed E-state index contributed by atoms with van der Waals surface area (Å²) in [7, 11) is 0. The molecule has 0 saturated heterocycles. The first-order chi connectivity index (χ1) is 12.8. The molecule has 26 heavy (non-hydrogen) atoms. The van der Waals surface area contributed by atoms with Gasteiger partial charge in [-0.05, 0) is 29.8 Å². The lowest BCUT2D eigenvalue weighted by Crippen LogP contribution is -2.29. The third kappa shape index (κ3) is 2.23. The van der Waals surface area contributed by atoms with Crippen molar-refractivity contribution in [3.05, 3.63) is 100 Å². The van der Waals surface area contributed by atoms with Gasteiger partial charge in [0.15, 0.2) is 0 Å². The number of benzene rings is 3. The number of para-hydroxylation sites is 1. The summed E-state index contributed by atoms with van der Waals surface area (Å²) in [6.45, 7) is 0.760. The first-order valence-electron chi connectivity index (χ1n) is 8.73. The topological polar surface area (TPSA) is 46.9 Å². The van der Waals surface area contributed by atoms with Crippen LogP contribution in [-0.4, -0.2) is 16.3 Å². The molecule has 0 amide bonds. The van der Waals surface area contributed by atoms with Crippen LogP contribution in [0.2, 0.25) is 0 Å². The molecule has 1 unspecified atom stereocenters. The Hall–Kier alpha value is -3.40. The summed E-state index contributed by atoms with van der Waals surface area (Å²) >= 11 is 0. The quantitative estimate of drug-likeness (QED) is 0.602. The molecule has 0 radical (unpaired) electrons. The molecule has 1 N–H and O–H groups in total. The molecule has 4 heteroatoms. The zero-order valence-corrected chi connectivity index (χ0v) is 14.1. The van der Waals surface area contributed by atoms with Gasteiger partial charge in [0.05, 0.1) is 16.8 Å². The van der Waals surface area contributed by atoms with E-state index in [2.05, 4.69) is 17.4 Å². The minimum absolute atomic E-state index is 0.0905. The third-order valence-electron chi connectivity index (χ3n) is 4.98. The van der Waals surface area contributed by atoms with E-state index in [1.54, 1.807) is 0 Å². The lowest BCUT2D eigenvalue weighted by molar-refractivity contribution is 0.723. The van der Waals surface area contributed by atoms with Crippen molar-refractivity contribution < 1.29 is 0 Å². The standard InChI is InChI=1S/C22H17N3O/c26-22-17-12-7-13-19-20(17)21(24-25(22)16-10-5-2-6-11-16)18(14-23-19)15-8-3-1-4-9-15/h1-13,18,23H,14H2. The normalized spacial score (nSPS) is 15.6. The second-order valence-corrected chi connectivity index (χ2v) is 6.51. The van der Waals surface area contributed by atoms with E-state index in [-0.39, 0.29) is 11.5 Å². The lowest BCUT2D eigenvalue weighted by atomic mass is 9.89. The Morgan fingerprint density at radius 1 is 0.885 bits per heavy atom. The van der Waals surface area contributed by atoms with Crippen LogP contribution >= 0.6 is 0 Å². The monoisotopic (exact) mass is 339 g/mol. The molecule has 4 nitrogen and oxygen atoms in total. The first-order valence-corrected chi connectivity index (χ1v) is 8.73. The largest absolute Gasteiger partial charge is 0.383 e. The van der Waals surface area contributed by atoms with E-state index >= 15 is 0 Å². The Bertz CT molecular complexity index is 1150. The Kier molecular flexibility index (Phi) is 3.35. The minimum Gasteiger partial charge on any atom is -0.383 e. The number of rotatable bonds is 2. The fraction of sp³-hybridized carbons (Fsp3) is 0.0909. The summed E-state index contributed by atoms with van der Waals surface area (Å²) in [5.74, 6) is 0.101. The molecule has 0 aliphatic carbocycles. The SMILES string of the molecule is O=c1c2cccc3c2c(nn1-c1ccccc1)C(c1ccccc1)CN3. The molecular weight excluding hydrogens is 322 g/mol. The summed E-state index contributed by atoms with van der Waals surface area (Å²) in [4.78, 5) is 13.1. The highest BCUT2D eigenvalue weighted by Gasteiger charge is 2.26. The third-order valence-corrected chi connectivity index (χ3v) is 4.98. The Balaban J connectivity index is 1.84. The molecule has 3 aromatic carbocycles. The van der Waals surface area contributed by atoms with Crippen molar-refractivity contribution in [2.24, 2.45) is 0 Å². The minimum atomic E-state index is -0.0905. The number of anilines is 1. The molecule has 0 fully saturated rings. The van der Waals surface area contributed by atoms with Crippen LogP contribution in [0.4, 0.5) is 5.69 Å². The highest BCUT2D eigenvalue weighted by atomic mass is 16.1. The van der Waals surface area contributed by atoms with E-state index in [0.29, 0.717) is 5.39 Å². The number of hydrogen-bond acceptors (Lipinski definition) is 3. The van der Waals surface area contributed by atoms with Gasteiger partial charge >= 0.3 is 0 Å². The van der Waals surface area contributed by atoms with Gasteiger partial charge in [-0.25, -0.2) is 0 Å². The molecular formula is C22H17N3O. The van der Waals surface area contributed by atoms with Crippen molar-refractivity contribution in [2.75, 3.05) is 11.9 Å². The number of aromatic nitrogens is 2. The lowest BCUT2D eigenvalue weighted by Gasteiger charge is -2.27. The zero-order valence-electron chi connectivity index (χ0n) is 14.1. The second-order valence-electron chi connectivity index (χ2n) is 6.51. The van der Waals surface area contributed by atoms with Crippen molar-refractivity contribution in [1.29, 1.82) is 0 Å². The second kappa shape index (κ2) is 5.85. The fourth-order valence-corrected chi connectivity index (χ4v) is 3.73. The maximum atomic E-state index is 13.1. The van der Waals surface area contributed by atoms with E-state index in [0.717, 1.165) is 29.0 Å². The van der Waals surface area contributed by atoms with E-state index in [1.165, 1.54) is 10.2 Å². The average Bonchev–Trinajstić information content (AvgIpc) is 2.72. The fourth-order valence-electron chi connectivity index (χ4n) is 3.73. The van der Waals surface area contributed by atoms with E-state index in [4.69, 9.17) is 5.10 Å². The van der Waals surface area contributed by atoms with E-state index in [1.807, 2.05) is 66.7 Å². The van der Waals surface area contributed by atoms with Gasteiger partial charge in [0.2, 0.25) is 0 Å². The van der Waals surface area contributed by atoms with Crippen LogP contribution < -0.4 is 10.9 Å². The molecule has 1 aromatic heterocycles.